The van der Waals surface area contributed by atoms with Gasteiger partial charge in [0.1, 0.15) is 5.75 Å². The molecule has 0 saturated carbocycles. The van der Waals surface area contributed by atoms with Crippen molar-refractivity contribution in [1.82, 2.24) is 10.7 Å². The number of hydrazone groups is 1. The number of ether oxygens (including phenoxy) is 1. The van der Waals surface area contributed by atoms with Crippen LogP contribution in [0, 0.1) is 0 Å². The number of hydrogen-bond acceptors (Lipinski definition) is 5. The topological polar surface area (TPSA) is 83.0 Å². The summed E-state index contributed by atoms with van der Waals surface area (Å²) in [7, 11) is 3.94. The van der Waals surface area contributed by atoms with Crippen molar-refractivity contribution < 1.29 is 14.3 Å². The summed E-state index contributed by atoms with van der Waals surface area (Å²) >= 11 is 0. The van der Waals surface area contributed by atoms with Crippen molar-refractivity contribution in [3.05, 3.63) is 59.2 Å². The molecule has 0 spiro atoms. The molecule has 0 fully saturated rings. The molecule has 0 aromatic heterocycles. The van der Waals surface area contributed by atoms with Crippen LogP contribution < -0.4 is 20.4 Å². The molecule has 0 unspecified atom stereocenters. The summed E-state index contributed by atoms with van der Waals surface area (Å²) in [5.41, 5.74) is 7.00. The van der Waals surface area contributed by atoms with E-state index in [0.29, 0.717) is 5.75 Å². The lowest BCUT2D eigenvalue weighted by atomic mass is 9.92. The summed E-state index contributed by atoms with van der Waals surface area (Å²) in [6, 6.07) is 13.7. The van der Waals surface area contributed by atoms with Crippen molar-refractivity contribution in [2.75, 3.05) is 32.1 Å². The molecule has 2 N–H and O–H groups in total. The monoisotopic (exact) mass is 408 g/mol. The summed E-state index contributed by atoms with van der Waals surface area (Å²) < 4.78 is 5.55. The van der Waals surface area contributed by atoms with Gasteiger partial charge in [-0.25, -0.2) is 5.43 Å². The number of fused-ring (bicyclic) bond motifs is 1. The molecule has 30 heavy (non-hydrogen) atoms. The average Bonchev–Trinajstić information content (AvgIpc) is 2.76. The second-order valence-corrected chi connectivity index (χ2v) is 7.48. The number of hydrogen-bond donors (Lipinski definition) is 2. The number of benzene rings is 2. The highest BCUT2D eigenvalue weighted by molar-refractivity contribution is 5.86. The van der Waals surface area contributed by atoms with E-state index in [9.17, 15) is 9.59 Å². The van der Waals surface area contributed by atoms with Gasteiger partial charge in [0, 0.05) is 19.8 Å². The van der Waals surface area contributed by atoms with Crippen LogP contribution in [0.2, 0.25) is 0 Å². The van der Waals surface area contributed by atoms with E-state index in [0.717, 1.165) is 24.1 Å². The molecule has 2 aromatic carbocycles. The Morgan fingerprint density at radius 3 is 2.50 bits per heavy atom. The van der Waals surface area contributed by atoms with Crippen LogP contribution in [0.15, 0.2) is 47.6 Å². The van der Waals surface area contributed by atoms with Gasteiger partial charge in [-0.3, -0.25) is 9.59 Å². The molecule has 158 valence electrons. The van der Waals surface area contributed by atoms with E-state index in [1.807, 2.05) is 55.4 Å². The van der Waals surface area contributed by atoms with Gasteiger partial charge >= 0.3 is 0 Å². The third-order valence-corrected chi connectivity index (χ3v) is 4.95. The Kier molecular flexibility index (Phi) is 7.43. The lowest BCUT2D eigenvalue weighted by Gasteiger charge is -2.16. The Morgan fingerprint density at radius 2 is 1.77 bits per heavy atom. The van der Waals surface area contributed by atoms with Crippen LogP contribution in [0.4, 0.5) is 5.69 Å². The maximum absolute atomic E-state index is 11.9. The van der Waals surface area contributed by atoms with Gasteiger partial charge in [-0.1, -0.05) is 18.2 Å². The molecule has 0 saturated heterocycles. The minimum absolute atomic E-state index is 0.131. The maximum atomic E-state index is 11.9. The molecule has 2 aromatic rings. The predicted molar refractivity (Wildman–Crippen MR) is 118 cm³/mol. The van der Waals surface area contributed by atoms with Gasteiger partial charge in [0.2, 0.25) is 0 Å². The number of amides is 2. The first-order chi connectivity index (χ1) is 14.5. The fraction of sp³-hybridized carbons (Fsp3) is 0.348. The van der Waals surface area contributed by atoms with Crippen LogP contribution >= 0.6 is 0 Å². The van der Waals surface area contributed by atoms with E-state index in [-0.39, 0.29) is 19.1 Å². The number of nitrogens with one attached hydrogen (secondary N) is 2. The summed E-state index contributed by atoms with van der Waals surface area (Å²) in [4.78, 5) is 25.8. The van der Waals surface area contributed by atoms with Crippen LogP contribution in [0.25, 0.3) is 0 Å². The van der Waals surface area contributed by atoms with Crippen molar-refractivity contribution >= 4 is 23.7 Å². The number of carbonyl (C=O) groups excluding carboxylic acids is 2. The molecule has 7 heteroatoms. The van der Waals surface area contributed by atoms with Crippen LogP contribution in [0.1, 0.15) is 29.5 Å². The molecule has 1 aliphatic rings. The summed E-state index contributed by atoms with van der Waals surface area (Å²) in [6.07, 6.45) is 6.13. The van der Waals surface area contributed by atoms with Crippen molar-refractivity contribution in [3.8, 4) is 5.75 Å². The molecule has 7 nitrogen and oxygen atoms in total. The first-order valence-corrected chi connectivity index (χ1v) is 10.1. The quantitative estimate of drug-likeness (QED) is 0.519. The molecule has 1 aliphatic carbocycles. The zero-order valence-corrected chi connectivity index (χ0v) is 17.5. The van der Waals surface area contributed by atoms with Gasteiger partial charge in [-0.15, -0.1) is 0 Å². The van der Waals surface area contributed by atoms with E-state index in [1.54, 1.807) is 6.21 Å². The minimum Gasteiger partial charge on any atom is -0.484 e. The van der Waals surface area contributed by atoms with Crippen molar-refractivity contribution in [1.29, 1.82) is 0 Å². The number of carbonyl (C=O) groups is 2. The lowest BCUT2D eigenvalue weighted by Crippen LogP contribution is -2.37. The number of nitrogens with zero attached hydrogens (tertiary/aromatic N) is 2. The summed E-state index contributed by atoms with van der Waals surface area (Å²) in [5, 5.41) is 6.44. The molecule has 0 atom stereocenters. The average molecular weight is 409 g/mol. The van der Waals surface area contributed by atoms with Gasteiger partial charge in [0.05, 0.1) is 12.8 Å². The van der Waals surface area contributed by atoms with Gasteiger partial charge in [0.25, 0.3) is 11.8 Å². The van der Waals surface area contributed by atoms with Crippen LogP contribution in [-0.2, 0) is 22.4 Å². The van der Waals surface area contributed by atoms with Gasteiger partial charge in [-0.05, 0) is 66.6 Å². The fourth-order valence-corrected chi connectivity index (χ4v) is 3.26. The smallest absolute Gasteiger partial charge is 0.259 e. The highest BCUT2D eigenvalue weighted by atomic mass is 16.5. The molecular formula is C23H28N4O3. The molecule has 3 rings (SSSR count). The highest BCUT2D eigenvalue weighted by Crippen LogP contribution is 2.25. The SMILES string of the molecule is CN(C)c1ccc(/C=N\NC(=O)CNC(=O)COc2ccc3c(c2)CCCC3)cc1. The minimum atomic E-state index is -0.404. The molecule has 0 radical (unpaired) electrons. The van der Waals surface area contributed by atoms with Crippen LogP contribution in [0.5, 0.6) is 5.75 Å². The van der Waals surface area contributed by atoms with Crippen molar-refractivity contribution in [2.24, 2.45) is 5.10 Å². The van der Waals surface area contributed by atoms with E-state index >= 15 is 0 Å². The highest BCUT2D eigenvalue weighted by Gasteiger charge is 2.11. The molecule has 0 bridgehead atoms. The normalized spacial score (nSPS) is 12.9. The first-order valence-electron chi connectivity index (χ1n) is 10.1. The standard InChI is InChI=1S/C23H28N4O3/c1-27(2)20-10-7-17(8-11-20)14-25-26-22(28)15-24-23(29)16-30-21-12-9-18-5-3-4-6-19(18)13-21/h7-14H,3-6,15-16H2,1-2H3,(H,24,29)(H,26,28)/b25-14-. The Labute approximate surface area is 177 Å². The molecule has 2 amide bonds. The Hall–Kier alpha value is -3.35. The fourth-order valence-electron chi connectivity index (χ4n) is 3.26. The molecular weight excluding hydrogens is 380 g/mol. The maximum Gasteiger partial charge on any atom is 0.259 e. The zero-order chi connectivity index (χ0) is 21.3. The zero-order valence-electron chi connectivity index (χ0n) is 17.5. The molecule has 0 heterocycles. The number of rotatable bonds is 8. The Bertz CT molecular complexity index is 907. The largest absolute Gasteiger partial charge is 0.484 e. The second-order valence-electron chi connectivity index (χ2n) is 7.48. The summed E-state index contributed by atoms with van der Waals surface area (Å²) in [6.45, 7) is -0.295. The first kappa shape index (κ1) is 21.4. The van der Waals surface area contributed by atoms with Crippen molar-refractivity contribution in [2.45, 2.75) is 25.7 Å². The Morgan fingerprint density at radius 1 is 1.03 bits per heavy atom. The summed E-state index contributed by atoms with van der Waals surface area (Å²) in [5.74, 6) is -0.0791. The van der Waals surface area contributed by atoms with Gasteiger partial charge in [-0.2, -0.15) is 5.10 Å². The number of anilines is 1. The van der Waals surface area contributed by atoms with Gasteiger partial charge in [0.15, 0.2) is 6.61 Å². The van der Waals surface area contributed by atoms with E-state index < -0.39 is 5.91 Å². The Balaban J connectivity index is 1.36. The van der Waals surface area contributed by atoms with E-state index in [1.165, 1.54) is 24.0 Å². The predicted octanol–water partition coefficient (Wildman–Crippen LogP) is 2.28. The second kappa shape index (κ2) is 10.4. The number of aryl methyl sites for hydroxylation is 2. The third kappa shape index (κ3) is 6.34. The van der Waals surface area contributed by atoms with Crippen molar-refractivity contribution in [3.63, 3.8) is 0 Å². The lowest BCUT2D eigenvalue weighted by molar-refractivity contribution is -0.127. The molecule has 0 aliphatic heterocycles. The van der Waals surface area contributed by atoms with Crippen LogP contribution in [0.3, 0.4) is 0 Å². The van der Waals surface area contributed by atoms with E-state index in [4.69, 9.17) is 4.74 Å². The third-order valence-electron chi connectivity index (χ3n) is 4.95. The van der Waals surface area contributed by atoms with Gasteiger partial charge < -0.3 is 15.0 Å². The van der Waals surface area contributed by atoms with E-state index in [2.05, 4.69) is 21.9 Å². The van der Waals surface area contributed by atoms with Crippen LogP contribution in [-0.4, -0.2) is 45.3 Å².